The van der Waals surface area contributed by atoms with Gasteiger partial charge >= 0.3 is 0 Å². The predicted molar refractivity (Wildman–Crippen MR) is 106 cm³/mol. The monoisotopic (exact) mass is 393 g/mol. The van der Waals surface area contributed by atoms with Gasteiger partial charge in [-0.25, -0.2) is 9.37 Å². The zero-order chi connectivity index (χ0) is 20.0. The normalized spacial score (nSPS) is 15.4. The highest BCUT2D eigenvalue weighted by atomic mass is 19.1. The van der Waals surface area contributed by atoms with Crippen molar-refractivity contribution in [2.24, 2.45) is 5.92 Å². The zero-order valence-corrected chi connectivity index (χ0v) is 16.0. The number of hydrogen-bond donors (Lipinski definition) is 0. The van der Waals surface area contributed by atoms with Gasteiger partial charge in [0.05, 0.1) is 17.2 Å². The minimum atomic E-state index is -0.386. The van der Waals surface area contributed by atoms with Gasteiger partial charge in [0.1, 0.15) is 11.6 Å². The molecule has 8 nitrogen and oxygen atoms in total. The highest BCUT2D eigenvalue weighted by Crippen LogP contribution is 2.23. The Kier molecular flexibility index (Phi) is 4.22. The second-order valence-corrected chi connectivity index (χ2v) is 7.50. The summed E-state index contributed by atoms with van der Waals surface area (Å²) in [5.41, 5.74) is 1.02. The number of hydrogen-bond acceptors (Lipinski definition) is 6. The number of aryl methyl sites for hydroxylation is 1. The first-order chi connectivity index (χ1) is 14.1. The predicted octanol–water partition coefficient (Wildman–Crippen LogP) is 2.20. The summed E-state index contributed by atoms with van der Waals surface area (Å²) in [5, 5.41) is 13.2. The van der Waals surface area contributed by atoms with Gasteiger partial charge in [0.25, 0.3) is 5.56 Å². The average Bonchev–Trinajstić information content (AvgIpc) is 3.11. The number of anilines is 1. The molecule has 3 aromatic heterocycles. The summed E-state index contributed by atoms with van der Waals surface area (Å²) >= 11 is 0. The molecule has 1 aliphatic heterocycles. The van der Waals surface area contributed by atoms with Gasteiger partial charge in [-0.15, -0.1) is 15.3 Å². The molecule has 0 unspecified atom stereocenters. The van der Waals surface area contributed by atoms with Crippen molar-refractivity contribution in [2.45, 2.75) is 26.3 Å². The Morgan fingerprint density at radius 1 is 1.14 bits per heavy atom. The first-order valence-corrected chi connectivity index (χ1v) is 9.67. The molecule has 1 aromatic carbocycles. The third-order valence-corrected chi connectivity index (χ3v) is 5.59. The largest absolute Gasteiger partial charge is 0.355 e. The van der Waals surface area contributed by atoms with Crippen LogP contribution in [0, 0.1) is 18.7 Å². The molecule has 5 rings (SSSR count). The lowest BCUT2D eigenvalue weighted by molar-refractivity contribution is 0.350. The summed E-state index contributed by atoms with van der Waals surface area (Å²) < 4.78 is 16.7. The highest BCUT2D eigenvalue weighted by Gasteiger charge is 2.22. The molecule has 29 heavy (non-hydrogen) atoms. The van der Waals surface area contributed by atoms with Crippen LogP contribution in [0.25, 0.3) is 16.6 Å². The quantitative estimate of drug-likeness (QED) is 0.531. The summed E-state index contributed by atoms with van der Waals surface area (Å²) in [6, 6.07) is 8.00. The van der Waals surface area contributed by atoms with E-state index in [-0.39, 0.29) is 11.4 Å². The van der Waals surface area contributed by atoms with Crippen molar-refractivity contribution in [2.75, 3.05) is 18.0 Å². The van der Waals surface area contributed by atoms with Crippen LogP contribution < -0.4 is 10.5 Å². The average molecular weight is 393 g/mol. The molecule has 0 N–H and O–H groups in total. The Hall–Kier alpha value is -3.36. The lowest BCUT2D eigenvalue weighted by Gasteiger charge is -2.32. The molecule has 9 heteroatoms. The molecule has 0 bridgehead atoms. The third kappa shape index (κ3) is 3.22. The van der Waals surface area contributed by atoms with Gasteiger partial charge in [-0.3, -0.25) is 9.36 Å². The third-order valence-electron chi connectivity index (χ3n) is 5.59. The van der Waals surface area contributed by atoms with Crippen LogP contribution in [-0.2, 0) is 6.54 Å². The number of rotatable bonds is 3. The Bertz CT molecular complexity index is 1260. The van der Waals surface area contributed by atoms with Crippen LogP contribution >= 0.6 is 0 Å². The Balaban J connectivity index is 1.30. The summed E-state index contributed by atoms with van der Waals surface area (Å²) in [7, 11) is 0. The van der Waals surface area contributed by atoms with Crippen molar-refractivity contribution in [3.05, 3.63) is 58.7 Å². The van der Waals surface area contributed by atoms with Gasteiger partial charge in [0, 0.05) is 25.7 Å². The van der Waals surface area contributed by atoms with Crippen molar-refractivity contribution in [1.29, 1.82) is 0 Å². The maximum Gasteiger partial charge on any atom is 0.261 e. The highest BCUT2D eigenvalue weighted by molar-refractivity contribution is 5.77. The second kappa shape index (κ2) is 6.91. The smallest absolute Gasteiger partial charge is 0.261 e. The van der Waals surface area contributed by atoms with Crippen LogP contribution in [0.15, 0.2) is 41.5 Å². The number of aromatic nitrogens is 6. The van der Waals surface area contributed by atoms with Crippen molar-refractivity contribution in [3.8, 4) is 0 Å². The van der Waals surface area contributed by atoms with Gasteiger partial charge in [-0.1, -0.05) is 0 Å². The fourth-order valence-corrected chi connectivity index (χ4v) is 3.94. The van der Waals surface area contributed by atoms with E-state index in [4.69, 9.17) is 0 Å². The molecule has 0 aliphatic carbocycles. The van der Waals surface area contributed by atoms with Gasteiger partial charge in [0.2, 0.25) is 0 Å². The van der Waals surface area contributed by atoms with Gasteiger partial charge in [-0.05, 0) is 49.9 Å². The number of piperidine rings is 1. The van der Waals surface area contributed by atoms with Gasteiger partial charge in [-0.2, -0.15) is 4.52 Å². The van der Waals surface area contributed by atoms with Crippen molar-refractivity contribution < 1.29 is 4.39 Å². The lowest BCUT2D eigenvalue weighted by atomic mass is 9.96. The molecule has 0 radical (unpaired) electrons. The van der Waals surface area contributed by atoms with E-state index < -0.39 is 0 Å². The molecular formula is C20H20FN7O. The van der Waals surface area contributed by atoms with E-state index >= 15 is 0 Å². The Labute approximate surface area is 165 Å². The molecule has 0 atom stereocenters. The van der Waals surface area contributed by atoms with Gasteiger partial charge in [0.15, 0.2) is 11.5 Å². The van der Waals surface area contributed by atoms with E-state index in [1.165, 1.54) is 24.5 Å². The summed E-state index contributed by atoms with van der Waals surface area (Å²) in [5.74, 6) is 1.66. The maximum atomic E-state index is 13.3. The van der Waals surface area contributed by atoms with Crippen LogP contribution in [0.2, 0.25) is 0 Å². The molecule has 4 aromatic rings. The number of nitrogens with zero attached hydrogens (tertiary/aromatic N) is 7. The van der Waals surface area contributed by atoms with E-state index in [2.05, 4.69) is 25.2 Å². The number of benzene rings is 1. The van der Waals surface area contributed by atoms with Crippen LogP contribution in [0.5, 0.6) is 0 Å². The molecule has 0 amide bonds. The van der Waals surface area contributed by atoms with E-state index in [1.54, 1.807) is 9.08 Å². The molecule has 0 spiro atoms. The van der Waals surface area contributed by atoms with Crippen LogP contribution in [-0.4, -0.2) is 42.5 Å². The molecule has 4 heterocycles. The molecule has 1 saturated heterocycles. The number of fused-ring (bicyclic) bond motifs is 2. The van der Waals surface area contributed by atoms with Crippen LogP contribution in [0.4, 0.5) is 10.2 Å². The molecule has 1 fully saturated rings. The summed E-state index contributed by atoms with van der Waals surface area (Å²) in [6.45, 7) is 4.23. The summed E-state index contributed by atoms with van der Waals surface area (Å²) in [4.78, 5) is 19.2. The van der Waals surface area contributed by atoms with Crippen molar-refractivity contribution in [3.63, 3.8) is 0 Å². The van der Waals surface area contributed by atoms with Gasteiger partial charge < -0.3 is 4.90 Å². The molecular weight excluding hydrogens is 373 g/mol. The molecule has 148 valence electrons. The number of halogens is 1. The fraction of sp³-hybridized carbons (Fsp3) is 0.350. The minimum absolute atomic E-state index is 0.118. The minimum Gasteiger partial charge on any atom is -0.355 e. The van der Waals surface area contributed by atoms with E-state index in [9.17, 15) is 9.18 Å². The maximum absolute atomic E-state index is 13.3. The zero-order valence-electron chi connectivity index (χ0n) is 16.0. The lowest BCUT2D eigenvalue weighted by Crippen LogP contribution is -2.37. The van der Waals surface area contributed by atoms with E-state index in [0.29, 0.717) is 23.4 Å². The second-order valence-electron chi connectivity index (χ2n) is 7.50. The fourth-order valence-electron chi connectivity index (χ4n) is 3.94. The first-order valence-electron chi connectivity index (χ1n) is 9.67. The SMILES string of the molecule is Cc1nnc2ccc(N3CCC(Cn4cnc5cc(F)ccc5c4=O)CC3)nn12. The van der Waals surface area contributed by atoms with E-state index in [0.717, 1.165) is 43.2 Å². The van der Waals surface area contributed by atoms with E-state index in [1.807, 2.05) is 19.1 Å². The van der Waals surface area contributed by atoms with Crippen LogP contribution in [0.3, 0.4) is 0 Å². The Morgan fingerprint density at radius 2 is 1.97 bits per heavy atom. The first kappa shape index (κ1) is 17.7. The Morgan fingerprint density at radius 3 is 2.79 bits per heavy atom. The topological polar surface area (TPSA) is 81.2 Å². The standard InChI is InChI=1S/C20H20FN7O/c1-13-23-24-18-4-5-19(25-28(13)18)26-8-6-14(7-9-26)11-27-12-22-17-10-15(21)2-3-16(17)20(27)29/h2-5,10,12,14H,6-9,11H2,1H3. The molecule has 1 aliphatic rings. The van der Waals surface area contributed by atoms with Crippen LogP contribution in [0.1, 0.15) is 18.7 Å². The summed E-state index contributed by atoms with van der Waals surface area (Å²) in [6.07, 6.45) is 3.43. The van der Waals surface area contributed by atoms with Crippen molar-refractivity contribution >= 4 is 22.4 Å². The molecule has 0 saturated carbocycles. The van der Waals surface area contributed by atoms with Crippen molar-refractivity contribution in [1.82, 2.24) is 29.4 Å².